The van der Waals surface area contributed by atoms with Crippen molar-refractivity contribution in [1.82, 2.24) is 0 Å². The van der Waals surface area contributed by atoms with Crippen molar-refractivity contribution in [2.24, 2.45) is 5.92 Å². The zero-order valence-electron chi connectivity index (χ0n) is 31.0. The van der Waals surface area contributed by atoms with Crippen molar-refractivity contribution in [2.45, 2.75) is 171 Å². The predicted molar refractivity (Wildman–Crippen MR) is 201 cm³/mol. The molecule has 3 nitrogen and oxygen atoms in total. The van der Waals surface area contributed by atoms with Gasteiger partial charge in [-0.1, -0.05) is 118 Å². The Morgan fingerprint density at radius 3 is 1.00 bits per heavy atom. The number of rotatable bonds is 24. The van der Waals surface area contributed by atoms with Crippen LogP contribution >= 0.6 is 7.14 Å². The Morgan fingerprint density at radius 2 is 0.761 bits per heavy atom. The van der Waals surface area contributed by atoms with Crippen LogP contribution in [0.3, 0.4) is 0 Å². The molecule has 0 atom stereocenters. The molecule has 2 rings (SSSR count). The average Bonchev–Trinajstić information content (AvgIpc) is 3.04. The molecule has 0 aliphatic rings. The van der Waals surface area contributed by atoms with Crippen LogP contribution in [0.15, 0.2) is 24.3 Å². The first-order valence-corrected chi connectivity index (χ1v) is 21.0. The fraction of sp³-hybridized carbons (Fsp3) is 0.667. The lowest BCUT2D eigenvalue weighted by atomic mass is 9.90. The van der Waals surface area contributed by atoms with Gasteiger partial charge in [-0.15, -0.1) is 0 Å². The Hall–Kier alpha value is -1.99. The molecule has 0 radical (unpaired) electrons. The van der Waals surface area contributed by atoms with Crippen LogP contribution in [0.5, 0.6) is 0 Å². The van der Waals surface area contributed by atoms with E-state index in [0.29, 0.717) is 11.1 Å². The SMILES string of the molecule is CCCCc1cc(CCCC)c(C(=O)P(=O)(CC(C)C)C(=O)c2c(CCCC)cc(CCCC)cc2CCCC)c(CCCC)c1. The van der Waals surface area contributed by atoms with Crippen LogP contribution in [0.25, 0.3) is 0 Å². The fourth-order valence-corrected chi connectivity index (χ4v) is 9.51. The van der Waals surface area contributed by atoms with E-state index in [2.05, 4.69) is 65.8 Å². The van der Waals surface area contributed by atoms with Crippen molar-refractivity contribution in [3.8, 4) is 0 Å². The highest BCUT2D eigenvalue weighted by atomic mass is 31.2. The molecule has 0 bridgehead atoms. The first-order valence-electron chi connectivity index (χ1n) is 19.1. The predicted octanol–water partition coefficient (Wildman–Crippen LogP) is 12.7. The monoisotopic (exact) mass is 650 g/mol. The minimum atomic E-state index is -3.99. The number of benzene rings is 2. The average molecular weight is 651 g/mol. The fourth-order valence-electron chi connectivity index (χ4n) is 6.67. The Bertz CT molecular complexity index is 1140. The largest absolute Gasteiger partial charge is 0.307 e. The number of carbonyl (C=O) groups is 2. The van der Waals surface area contributed by atoms with E-state index in [0.717, 1.165) is 138 Å². The summed E-state index contributed by atoms with van der Waals surface area (Å²) in [7, 11) is -3.99. The van der Waals surface area contributed by atoms with Gasteiger partial charge in [-0.05, 0) is 116 Å². The van der Waals surface area contributed by atoms with Crippen LogP contribution in [0.1, 0.15) is 187 Å². The third-order valence-corrected chi connectivity index (χ3v) is 12.3. The highest BCUT2D eigenvalue weighted by Crippen LogP contribution is 2.55. The molecule has 0 aromatic heterocycles. The van der Waals surface area contributed by atoms with Gasteiger partial charge < -0.3 is 4.57 Å². The van der Waals surface area contributed by atoms with Gasteiger partial charge in [-0.25, -0.2) is 0 Å². The quantitative estimate of drug-likeness (QED) is 0.106. The summed E-state index contributed by atoms with van der Waals surface area (Å²) in [6.07, 6.45) is 17.6. The Labute approximate surface area is 283 Å². The van der Waals surface area contributed by atoms with Gasteiger partial charge in [0.1, 0.15) is 0 Å². The summed E-state index contributed by atoms with van der Waals surface area (Å²) in [5.41, 5.74) is 7.07. The maximum absolute atomic E-state index is 15.5. The molecule has 0 N–H and O–H groups in total. The van der Waals surface area contributed by atoms with Crippen LogP contribution in [0.2, 0.25) is 0 Å². The van der Waals surface area contributed by atoms with Crippen molar-refractivity contribution in [1.29, 1.82) is 0 Å². The van der Waals surface area contributed by atoms with E-state index in [1.807, 2.05) is 13.8 Å². The van der Waals surface area contributed by atoms with Crippen molar-refractivity contribution in [3.05, 3.63) is 68.8 Å². The van der Waals surface area contributed by atoms with E-state index in [4.69, 9.17) is 0 Å². The first-order chi connectivity index (χ1) is 22.1. The first kappa shape index (κ1) is 40.2. The van der Waals surface area contributed by atoms with Crippen molar-refractivity contribution >= 4 is 18.2 Å². The van der Waals surface area contributed by atoms with Crippen LogP contribution in [-0.2, 0) is 43.1 Å². The molecule has 0 saturated carbocycles. The minimum Gasteiger partial charge on any atom is -0.307 e. The third kappa shape index (κ3) is 11.3. The van der Waals surface area contributed by atoms with Crippen LogP contribution in [0, 0.1) is 5.92 Å². The lowest BCUT2D eigenvalue weighted by Crippen LogP contribution is -2.21. The standard InChI is InChI=1S/C42H67O3P/c1-9-15-21-33-27-35(23-17-11-3)39(36(28-33)24-18-12-4)41(43)46(45,31-32(7)8)42(44)40-37(25-19-13-5)29-34(22-16-10-2)30-38(40)26-20-14-6/h27-30,32H,9-26,31H2,1-8H3. The topological polar surface area (TPSA) is 51.2 Å². The molecule has 0 saturated heterocycles. The van der Waals surface area contributed by atoms with E-state index in [-0.39, 0.29) is 23.1 Å². The summed E-state index contributed by atoms with van der Waals surface area (Å²) in [4.78, 5) is 30.2. The molecule has 46 heavy (non-hydrogen) atoms. The van der Waals surface area contributed by atoms with E-state index in [1.54, 1.807) is 0 Å². The molecule has 4 heteroatoms. The number of carbonyl (C=O) groups excluding carboxylic acids is 2. The Balaban J connectivity index is 2.89. The van der Waals surface area contributed by atoms with Gasteiger partial charge in [0.25, 0.3) is 0 Å². The summed E-state index contributed by atoms with van der Waals surface area (Å²) < 4.78 is 15.5. The van der Waals surface area contributed by atoms with Crippen molar-refractivity contribution in [3.63, 3.8) is 0 Å². The number of unbranched alkanes of at least 4 members (excludes halogenated alkanes) is 6. The molecule has 0 amide bonds. The van der Waals surface area contributed by atoms with Crippen molar-refractivity contribution in [2.75, 3.05) is 6.16 Å². The van der Waals surface area contributed by atoms with E-state index in [1.165, 1.54) is 11.1 Å². The zero-order chi connectivity index (χ0) is 34.1. The van der Waals surface area contributed by atoms with E-state index >= 15 is 14.2 Å². The maximum Gasteiger partial charge on any atom is 0.229 e. The maximum atomic E-state index is 15.5. The number of aryl methyl sites for hydroxylation is 6. The van der Waals surface area contributed by atoms with Gasteiger partial charge in [-0.3, -0.25) is 9.59 Å². The molecular formula is C42H67O3P. The second-order valence-corrected chi connectivity index (χ2v) is 16.8. The van der Waals surface area contributed by atoms with Crippen LogP contribution in [0.4, 0.5) is 0 Å². The van der Waals surface area contributed by atoms with Crippen LogP contribution in [-0.4, -0.2) is 17.2 Å². The molecule has 0 spiro atoms. The Kier molecular flexibility index (Phi) is 18.4. The molecule has 0 aliphatic heterocycles. The number of hydrogen-bond acceptors (Lipinski definition) is 3. The van der Waals surface area contributed by atoms with Crippen LogP contribution < -0.4 is 0 Å². The van der Waals surface area contributed by atoms with Crippen molar-refractivity contribution < 1.29 is 14.2 Å². The summed E-state index contributed by atoms with van der Waals surface area (Å²) in [5, 5.41) is 0. The van der Waals surface area contributed by atoms with Gasteiger partial charge in [0.2, 0.25) is 18.2 Å². The van der Waals surface area contributed by atoms with Gasteiger partial charge in [-0.2, -0.15) is 0 Å². The molecular weight excluding hydrogens is 583 g/mol. The smallest absolute Gasteiger partial charge is 0.229 e. The molecule has 2 aromatic rings. The lowest BCUT2D eigenvalue weighted by Gasteiger charge is -2.25. The van der Waals surface area contributed by atoms with Gasteiger partial charge >= 0.3 is 0 Å². The van der Waals surface area contributed by atoms with Gasteiger partial charge in [0.15, 0.2) is 0 Å². The molecule has 0 aliphatic carbocycles. The highest BCUT2D eigenvalue weighted by molar-refractivity contribution is 7.95. The second kappa shape index (κ2) is 21.1. The summed E-state index contributed by atoms with van der Waals surface area (Å²) in [6, 6.07) is 8.83. The molecule has 2 aromatic carbocycles. The molecule has 258 valence electrons. The zero-order valence-corrected chi connectivity index (χ0v) is 31.9. The summed E-state index contributed by atoms with van der Waals surface area (Å²) >= 11 is 0. The number of hydrogen-bond donors (Lipinski definition) is 0. The second-order valence-electron chi connectivity index (χ2n) is 14.1. The third-order valence-electron chi connectivity index (χ3n) is 9.27. The lowest BCUT2D eigenvalue weighted by molar-refractivity contribution is 0.103. The Morgan fingerprint density at radius 1 is 0.500 bits per heavy atom. The summed E-state index contributed by atoms with van der Waals surface area (Å²) in [6.45, 7) is 17.1. The molecule has 0 heterocycles. The molecule has 0 unspecified atom stereocenters. The van der Waals surface area contributed by atoms with Gasteiger partial charge in [0.05, 0.1) is 0 Å². The van der Waals surface area contributed by atoms with E-state index in [9.17, 15) is 0 Å². The summed E-state index contributed by atoms with van der Waals surface area (Å²) in [5.74, 6) is -0.0391. The highest BCUT2D eigenvalue weighted by Gasteiger charge is 2.44. The normalized spacial score (nSPS) is 11.8. The van der Waals surface area contributed by atoms with Gasteiger partial charge in [0, 0.05) is 17.3 Å². The van der Waals surface area contributed by atoms with E-state index < -0.39 is 7.14 Å². The molecule has 0 fully saturated rings. The minimum absolute atomic E-state index is 0.0391.